The lowest BCUT2D eigenvalue weighted by molar-refractivity contribution is 0.244. The van der Waals surface area contributed by atoms with Gasteiger partial charge in [0.25, 0.3) is 0 Å². The molecule has 0 aliphatic rings. The largest absolute Gasteiger partial charge is 0.292 e. The van der Waals surface area contributed by atoms with Crippen LogP contribution in [0.25, 0.3) is 0 Å². The first-order valence-corrected chi connectivity index (χ1v) is 5.18. The van der Waals surface area contributed by atoms with Crippen LogP contribution in [0.5, 0.6) is 0 Å². The van der Waals surface area contributed by atoms with E-state index in [0.717, 1.165) is 31.5 Å². The Morgan fingerprint density at radius 1 is 1.00 bits per heavy atom. The highest BCUT2D eigenvalue weighted by Crippen LogP contribution is 2.02. The molecule has 0 saturated heterocycles. The smallest absolute Gasteiger partial charge is 0.0601 e. The fourth-order valence-electron chi connectivity index (χ4n) is 1.43. The lowest BCUT2D eigenvalue weighted by Crippen LogP contribution is -2.31. The number of hydrogen-bond donors (Lipinski definition) is 0. The molecule has 0 radical (unpaired) electrons. The van der Waals surface area contributed by atoms with Gasteiger partial charge in [-0.2, -0.15) is 0 Å². The summed E-state index contributed by atoms with van der Waals surface area (Å²) >= 11 is 0. The Hall–Kier alpha value is -0.480. The molecular formula is C12H23N. The first kappa shape index (κ1) is 12.5. The van der Waals surface area contributed by atoms with Crippen molar-refractivity contribution in [1.29, 1.82) is 0 Å². The molecule has 0 spiro atoms. The van der Waals surface area contributed by atoms with E-state index in [1.807, 2.05) is 6.92 Å². The summed E-state index contributed by atoms with van der Waals surface area (Å²) in [4.78, 5) is 2.44. The summed E-state index contributed by atoms with van der Waals surface area (Å²) in [5, 5.41) is 0. The molecule has 0 aromatic rings. The molecule has 0 heterocycles. The summed E-state index contributed by atoms with van der Waals surface area (Å²) < 4.78 is 0. The van der Waals surface area contributed by atoms with E-state index in [1.165, 1.54) is 0 Å². The van der Waals surface area contributed by atoms with Gasteiger partial charge in [0.1, 0.15) is 0 Å². The van der Waals surface area contributed by atoms with Gasteiger partial charge in [0, 0.05) is 13.1 Å². The predicted molar refractivity (Wildman–Crippen MR) is 59.6 cm³/mol. The van der Waals surface area contributed by atoms with E-state index in [1.54, 1.807) is 0 Å². The van der Waals surface area contributed by atoms with Gasteiger partial charge in [-0.3, -0.25) is 4.90 Å². The Bertz CT molecular complexity index is 161. The Morgan fingerprint density at radius 3 is 1.77 bits per heavy atom. The van der Waals surface area contributed by atoms with Crippen LogP contribution in [0.4, 0.5) is 0 Å². The Kier molecular flexibility index (Phi) is 6.72. The molecule has 76 valence electrons. The van der Waals surface area contributed by atoms with Crippen LogP contribution in [-0.2, 0) is 0 Å². The summed E-state index contributed by atoms with van der Waals surface area (Å²) in [6.45, 7) is 14.2. The van der Waals surface area contributed by atoms with Crippen molar-refractivity contribution in [3.63, 3.8) is 0 Å². The van der Waals surface area contributed by atoms with Gasteiger partial charge in [-0.1, -0.05) is 33.6 Å². The van der Waals surface area contributed by atoms with Gasteiger partial charge in [0.15, 0.2) is 0 Å². The van der Waals surface area contributed by atoms with Gasteiger partial charge in [-0.25, -0.2) is 0 Å². The van der Waals surface area contributed by atoms with Gasteiger partial charge in [0.2, 0.25) is 0 Å². The van der Waals surface area contributed by atoms with E-state index in [2.05, 4.69) is 44.4 Å². The Morgan fingerprint density at radius 2 is 1.46 bits per heavy atom. The first-order chi connectivity index (χ1) is 6.06. The van der Waals surface area contributed by atoms with Crippen LogP contribution in [-0.4, -0.2) is 24.5 Å². The monoisotopic (exact) mass is 181 g/mol. The summed E-state index contributed by atoms with van der Waals surface area (Å²) in [6.07, 6.45) is 0. The summed E-state index contributed by atoms with van der Waals surface area (Å²) in [7, 11) is 0. The van der Waals surface area contributed by atoms with Crippen molar-refractivity contribution in [3.05, 3.63) is 0 Å². The quantitative estimate of drug-likeness (QED) is 0.589. The molecule has 1 nitrogen and oxygen atoms in total. The van der Waals surface area contributed by atoms with Gasteiger partial charge >= 0.3 is 0 Å². The fraction of sp³-hybridized carbons (Fsp3) is 0.833. The van der Waals surface area contributed by atoms with Crippen molar-refractivity contribution in [2.45, 2.75) is 34.6 Å². The third kappa shape index (κ3) is 7.87. The van der Waals surface area contributed by atoms with Crippen LogP contribution in [0, 0.1) is 23.7 Å². The summed E-state index contributed by atoms with van der Waals surface area (Å²) in [5.41, 5.74) is 0. The molecule has 0 aliphatic carbocycles. The van der Waals surface area contributed by atoms with Crippen LogP contribution < -0.4 is 0 Å². The van der Waals surface area contributed by atoms with Gasteiger partial charge < -0.3 is 0 Å². The van der Waals surface area contributed by atoms with Crippen LogP contribution in [0.15, 0.2) is 0 Å². The standard InChI is InChI=1S/C12H23N/c1-6-7-8-13(9-11(2)3)10-12(4)5/h11-12H,8-10H2,1-5H3. The van der Waals surface area contributed by atoms with Crippen molar-refractivity contribution in [1.82, 2.24) is 4.90 Å². The topological polar surface area (TPSA) is 3.24 Å². The molecule has 13 heavy (non-hydrogen) atoms. The SMILES string of the molecule is CC#CCN(CC(C)C)CC(C)C. The lowest BCUT2D eigenvalue weighted by Gasteiger charge is -2.23. The van der Waals surface area contributed by atoms with Crippen LogP contribution in [0.3, 0.4) is 0 Å². The van der Waals surface area contributed by atoms with Crippen molar-refractivity contribution >= 4 is 0 Å². The molecule has 0 aromatic carbocycles. The highest BCUT2D eigenvalue weighted by Gasteiger charge is 2.07. The second-order valence-electron chi connectivity index (χ2n) is 4.41. The van der Waals surface area contributed by atoms with Crippen LogP contribution >= 0.6 is 0 Å². The zero-order chi connectivity index (χ0) is 10.3. The lowest BCUT2D eigenvalue weighted by atomic mass is 10.1. The minimum Gasteiger partial charge on any atom is -0.292 e. The average Bonchev–Trinajstić information content (AvgIpc) is 1.98. The minimum absolute atomic E-state index is 0.734. The van der Waals surface area contributed by atoms with Crippen LogP contribution in [0.1, 0.15) is 34.6 Å². The maximum Gasteiger partial charge on any atom is 0.0601 e. The Balaban J connectivity index is 3.92. The maximum absolute atomic E-state index is 3.14. The zero-order valence-corrected chi connectivity index (χ0v) is 9.72. The second kappa shape index (κ2) is 6.97. The van der Waals surface area contributed by atoms with Gasteiger partial charge in [-0.05, 0) is 18.8 Å². The average molecular weight is 181 g/mol. The van der Waals surface area contributed by atoms with Gasteiger partial charge in [-0.15, -0.1) is 5.92 Å². The molecule has 0 amide bonds. The maximum atomic E-state index is 3.14. The fourth-order valence-corrected chi connectivity index (χ4v) is 1.43. The molecule has 1 heteroatoms. The van der Waals surface area contributed by atoms with E-state index >= 15 is 0 Å². The van der Waals surface area contributed by atoms with Crippen molar-refractivity contribution in [2.75, 3.05) is 19.6 Å². The van der Waals surface area contributed by atoms with Crippen molar-refractivity contribution in [2.24, 2.45) is 11.8 Å². The van der Waals surface area contributed by atoms with E-state index in [0.29, 0.717) is 0 Å². The molecule has 0 bridgehead atoms. The molecule has 0 aliphatic heterocycles. The molecule has 0 fully saturated rings. The zero-order valence-electron chi connectivity index (χ0n) is 9.72. The summed E-state index contributed by atoms with van der Waals surface area (Å²) in [6, 6.07) is 0. The van der Waals surface area contributed by atoms with Crippen molar-refractivity contribution < 1.29 is 0 Å². The van der Waals surface area contributed by atoms with Crippen molar-refractivity contribution in [3.8, 4) is 11.8 Å². The number of hydrogen-bond acceptors (Lipinski definition) is 1. The molecule has 0 saturated carbocycles. The highest BCUT2D eigenvalue weighted by atomic mass is 15.1. The summed E-state index contributed by atoms with van der Waals surface area (Å²) in [5.74, 6) is 7.56. The highest BCUT2D eigenvalue weighted by molar-refractivity contribution is 4.97. The third-order valence-corrected chi connectivity index (χ3v) is 1.73. The molecule has 0 aromatic heterocycles. The van der Waals surface area contributed by atoms with E-state index in [9.17, 15) is 0 Å². The van der Waals surface area contributed by atoms with E-state index in [4.69, 9.17) is 0 Å². The predicted octanol–water partition coefficient (Wildman–Crippen LogP) is 2.62. The third-order valence-electron chi connectivity index (χ3n) is 1.73. The van der Waals surface area contributed by atoms with Gasteiger partial charge in [0.05, 0.1) is 6.54 Å². The molecule has 0 rings (SSSR count). The molecule has 0 unspecified atom stereocenters. The second-order valence-corrected chi connectivity index (χ2v) is 4.41. The molecule has 0 atom stereocenters. The Labute approximate surface area is 83.5 Å². The normalized spacial score (nSPS) is 10.8. The van der Waals surface area contributed by atoms with Crippen LogP contribution in [0.2, 0.25) is 0 Å². The molecule has 0 N–H and O–H groups in total. The van der Waals surface area contributed by atoms with E-state index < -0.39 is 0 Å². The number of rotatable bonds is 5. The van der Waals surface area contributed by atoms with E-state index in [-0.39, 0.29) is 0 Å². The molecular weight excluding hydrogens is 158 g/mol. The number of nitrogens with zero attached hydrogens (tertiary/aromatic N) is 1. The first-order valence-electron chi connectivity index (χ1n) is 5.18. The minimum atomic E-state index is 0.734.